The van der Waals surface area contributed by atoms with Crippen molar-refractivity contribution in [1.29, 1.82) is 0 Å². The number of hydrogen-bond acceptors (Lipinski definition) is 3. The molecule has 25 heavy (non-hydrogen) atoms. The molecule has 6 heteroatoms. The van der Waals surface area contributed by atoms with Crippen LogP contribution in [0.4, 0.5) is 10.1 Å². The third kappa shape index (κ3) is 3.85. The van der Waals surface area contributed by atoms with Crippen LogP contribution in [0.25, 0.3) is 11.1 Å². The summed E-state index contributed by atoms with van der Waals surface area (Å²) in [5.74, 6) is -0.698. The molecule has 0 radical (unpaired) electrons. The van der Waals surface area contributed by atoms with Crippen LogP contribution < -0.4 is 5.32 Å². The molecule has 0 spiro atoms. The van der Waals surface area contributed by atoms with Crippen molar-refractivity contribution in [3.05, 3.63) is 53.8 Å². The quantitative estimate of drug-likeness (QED) is 0.929. The first-order valence-corrected chi connectivity index (χ1v) is 8.08. The average molecular weight is 341 g/mol. The van der Waals surface area contributed by atoms with Gasteiger partial charge >= 0.3 is 0 Å². The Labute approximate surface area is 146 Å². The normalized spacial score (nSPS) is 14.3. The summed E-state index contributed by atoms with van der Waals surface area (Å²) in [4.78, 5) is 28.5. The van der Waals surface area contributed by atoms with Crippen molar-refractivity contribution in [1.82, 2.24) is 9.80 Å². The summed E-state index contributed by atoms with van der Waals surface area (Å²) in [5, 5.41) is 2.78. The predicted molar refractivity (Wildman–Crippen MR) is 94.9 cm³/mol. The van der Waals surface area contributed by atoms with Gasteiger partial charge in [0.25, 0.3) is 5.91 Å². The van der Waals surface area contributed by atoms with E-state index < -0.39 is 0 Å². The first-order valence-electron chi connectivity index (χ1n) is 8.08. The smallest absolute Gasteiger partial charge is 0.256 e. The van der Waals surface area contributed by atoms with Crippen LogP contribution in [0.2, 0.25) is 0 Å². The number of rotatable bonds is 4. The predicted octanol–water partition coefficient (Wildman–Crippen LogP) is 2.45. The van der Waals surface area contributed by atoms with Crippen molar-refractivity contribution in [3.8, 4) is 11.1 Å². The van der Waals surface area contributed by atoms with Crippen molar-refractivity contribution in [3.63, 3.8) is 0 Å². The van der Waals surface area contributed by atoms with Crippen molar-refractivity contribution in [2.45, 2.75) is 0 Å². The van der Waals surface area contributed by atoms with E-state index in [-0.39, 0.29) is 24.2 Å². The maximum Gasteiger partial charge on any atom is 0.256 e. The van der Waals surface area contributed by atoms with E-state index in [2.05, 4.69) is 5.32 Å². The summed E-state index contributed by atoms with van der Waals surface area (Å²) >= 11 is 0. The number of anilines is 1. The van der Waals surface area contributed by atoms with Crippen LogP contribution in [-0.4, -0.2) is 55.3 Å². The molecular weight excluding hydrogens is 321 g/mol. The zero-order chi connectivity index (χ0) is 18.0. The molecule has 130 valence electrons. The van der Waals surface area contributed by atoms with Crippen molar-refractivity contribution >= 4 is 17.5 Å². The summed E-state index contributed by atoms with van der Waals surface area (Å²) in [5.41, 5.74) is 2.57. The molecule has 1 N–H and O–H groups in total. The minimum atomic E-state index is -0.309. The van der Waals surface area contributed by atoms with Gasteiger partial charge < -0.3 is 15.1 Å². The van der Waals surface area contributed by atoms with Gasteiger partial charge in [0.05, 0.1) is 11.3 Å². The minimum Gasteiger partial charge on any atom is -0.328 e. The third-order valence-corrected chi connectivity index (χ3v) is 4.14. The van der Waals surface area contributed by atoms with E-state index in [1.807, 2.05) is 25.1 Å². The first-order chi connectivity index (χ1) is 11.9. The van der Waals surface area contributed by atoms with E-state index in [4.69, 9.17) is 0 Å². The Bertz CT molecular complexity index is 803. The van der Waals surface area contributed by atoms with Crippen molar-refractivity contribution < 1.29 is 14.0 Å². The Hall–Kier alpha value is -2.73. The number of carbonyl (C=O) groups is 2. The second kappa shape index (κ2) is 7.03. The second-order valence-corrected chi connectivity index (χ2v) is 6.35. The Kier molecular flexibility index (Phi) is 4.81. The van der Waals surface area contributed by atoms with E-state index in [0.717, 1.165) is 11.1 Å². The topological polar surface area (TPSA) is 52.6 Å². The lowest BCUT2D eigenvalue weighted by Gasteiger charge is -2.21. The maximum absolute atomic E-state index is 13.1. The van der Waals surface area contributed by atoms with Gasteiger partial charge in [0.1, 0.15) is 12.4 Å². The molecule has 0 saturated heterocycles. The zero-order valence-electron chi connectivity index (χ0n) is 14.3. The lowest BCUT2D eigenvalue weighted by atomic mass is 10.0. The Balaban J connectivity index is 1.96. The number of benzene rings is 2. The molecule has 5 nitrogen and oxygen atoms in total. The molecule has 0 atom stereocenters. The van der Waals surface area contributed by atoms with Crippen LogP contribution in [0.1, 0.15) is 10.4 Å². The SMILES string of the molecule is CN(C)CCN1CC(=O)Nc2ccc(-c3ccc(F)cc3)cc2C1=O. The highest BCUT2D eigenvalue weighted by atomic mass is 19.1. The van der Waals surface area contributed by atoms with Crippen LogP contribution >= 0.6 is 0 Å². The zero-order valence-corrected chi connectivity index (χ0v) is 14.3. The van der Waals surface area contributed by atoms with Gasteiger partial charge in [0.2, 0.25) is 5.91 Å². The molecule has 2 aromatic rings. The van der Waals surface area contributed by atoms with Crippen molar-refractivity contribution in [2.75, 3.05) is 39.0 Å². The largest absolute Gasteiger partial charge is 0.328 e. The number of nitrogens with zero attached hydrogens (tertiary/aromatic N) is 2. The molecular formula is C19H20FN3O2. The molecule has 0 bridgehead atoms. The monoisotopic (exact) mass is 341 g/mol. The Morgan fingerprint density at radius 3 is 2.44 bits per heavy atom. The molecule has 1 aliphatic rings. The molecule has 0 aromatic heterocycles. The van der Waals surface area contributed by atoms with E-state index in [1.165, 1.54) is 12.1 Å². The highest BCUT2D eigenvalue weighted by molar-refractivity contribution is 6.09. The Morgan fingerprint density at radius 1 is 1.08 bits per heavy atom. The van der Waals surface area contributed by atoms with Crippen LogP contribution in [0.3, 0.4) is 0 Å². The van der Waals surface area contributed by atoms with E-state index >= 15 is 0 Å². The van der Waals surface area contributed by atoms with Gasteiger partial charge in [-0.15, -0.1) is 0 Å². The first kappa shape index (κ1) is 17.1. The standard InChI is InChI=1S/C19H20FN3O2/c1-22(2)9-10-23-12-18(24)21-17-8-5-14(11-16(17)19(23)25)13-3-6-15(20)7-4-13/h3-8,11H,9-10,12H2,1-2H3,(H,21,24). The van der Waals surface area contributed by atoms with E-state index in [0.29, 0.717) is 24.3 Å². The fraction of sp³-hybridized carbons (Fsp3) is 0.263. The molecule has 0 unspecified atom stereocenters. The van der Waals surface area contributed by atoms with Crippen LogP contribution in [-0.2, 0) is 4.79 Å². The summed E-state index contributed by atoms with van der Waals surface area (Å²) < 4.78 is 13.1. The highest BCUT2D eigenvalue weighted by Gasteiger charge is 2.26. The van der Waals surface area contributed by atoms with E-state index in [9.17, 15) is 14.0 Å². The summed E-state index contributed by atoms with van der Waals surface area (Å²) in [6, 6.07) is 11.4. The lowest BCUT2D eigenvalue weighted by Crippen LogP contribution is -2.39. The summed E-state index contributed by atoms with van der Waals surface area (Å²) in [6.45, 7) is 1.18. The van der Waals surface area contributed by atoms with Gasteiger partial charge in [-0.25, -0.2) is 4.39 Å². The molecule has 0 aliphatic carbocycles. The number of halogens is 1. The maximum atomic E-state index is 13.1. The number of hydrogen-bond donors (Lipinski definition) is 1. The van der Waals surface area contributed by atoms with Crippen molar-refractivity contribution in [2.24, 2.45) is 0 Å². The number of likely N-dealkylation sites (N-methyl/N-ethyl adjacent to an activating group) is 1. The van der Waals surface area contributed by atoms with Crippen LogP contribution in [0, 0.1) is 5.82 Å². The molecule has 2 amide bonds. The van der Waals surface area contributed by atoms with Gasteiger partial charge in [0, 0.05) is 13.1 Å². The number of carbonyl (C=O) groups excluding carboxylic acids is 2. The number of nitrogens with one attached hydrogen (secondary N) is 1. The summed E-state index contributed by atoms with van der Waals surface area (Å²) in [6.07, 6.45) is 0. The second-order valence-electron chi connectivity index (χ2n) is 6.35. The van der Waals surface area contributed by atoms with Gasteiger partial charge in [-0.2, -0.15) is 0 Å². The Morgan fingerprint density at radius 2 is 1.76 bits per heavy atom. The van der Waals surface area contributed by atoms with Gasteiger partial charge in [-0.1, -0.05) is 18.2 Å². The van der Waals surface area contributed by atoms with Gasteiger partial charge in [-0.05, 0) is 49.5 Å². The third-order valence-electron chi connectivity index (χ3n) is 4.14. The van der Waals surface area contributed by atoms with Crippen LogP contribution in [0.15, 0.2) is 42.5 Å². The average Bonchev–Trinajstić information content (AvgIpc) is 2.70. The molecule has 1 heterocycles. The lowest BCUT2D eigenvalue weighted by molar-refractivity contribution is -0.116. The van der Waals surface area contributed by atoms with E-state index in [1.54, 1.807) is 29.2 Å². The molecule has 3 rings (SSSR count). The molecule has 0 fully saturated rings. The summed E-state index contributed by atoms with van der Waals surface area (Å²) in [7, 11) is 3.84. The number of amides is 2. The fourth-order valence-electron chi connectivity index (χ4n) is 2.76. The molecule has 2 aromatic carbocycles. The van der Waals surface area contributed by atoms with Gasteiger partial charge in [0.15, 0.2) is 0 Å². The highest BCUT2D eigenvalue weighted by Crippen LogP contribution is 2.28. The molecule has 1 aliphatic heterocycles. The fourth-order valence-corrected chi connectivity index (χ4v) is 2.76. The number of fused-ring (bicyclic) bond motifs is 1. The van der Waals surface area contributed by atoms with Gasteiger partial charge in [-0.3, -0.25) is 9.59 Å². The molecule has 0 saturated carbocycles. The minimum absolute atomic E-state index is 0.0350. The van der Waals surface area contributed by atoms with Crippen LogP contribution in [0.5, 0.6) is 0 Å².